The maximum absolute atomic E-state index is 13.6. The molecule has 0 saturated heterocycles. The van der Waals surface area contributed by atoms with E-state index in [0.717, 1.165) is 11.3 Å². The fourth-order valence-corrected chi connectivity index (χ4v) is 2.26. The van der Waals surface area contributed by atoms with Gasteiger partial charge in [-0.2, -0.15) is 0 Å². The van der Waals surface area contributed by atoms with Crippen molar-refractivity contribution in [1.82, 2.24) is 4.98 Å². The van der Waals surface area contributed by atoms with Crippen molar-refractivity contribution in [2.24, 2.45) is 0 Å². The molecule has 0 aliphatic heterocycles. The van der Waals surface area contributed by atoms with E-state index in [1.54, 1.807) is 24.3 Å². The number of carbonyl (C=O) groups is 1. The van der Waals surface area contributed by atoms with Gasteiger partial charge in [-0.25, -0.2) is 9.37 Å². The molecular formula is C19H16FN3O. The summed E-state index contributed by atoms with van der Waals surface area (Å²) in [5.74, 6) is -0.403. The molecule has 5 heteroatoms. The highest BCUT2D eigenvalue weighted by molar-refractivity contribution is 6.04. The van der Waals surface area contributed by atoms with Crippen LogP contribution in [-0.2, 0) is 0 Å². The van der Waals surface area contributed by atoms with Crippen molar-refractivity contribution in [3.8, 4) is 0 Å². The first-order chi connectivity index (χ1) is 11.6. The first-order valence-corrected chi connectivity index (χ1v) is 7.47. The molecule has 0 unspecified atom stereocenters. The Labute approximate surface area is 139 Å². The zero-order valence-electron chi connectivity index (χ0n) is 13.1. The number of carbonyl (C=O) groups excluding carboxylic acids is 1. The Bertz CT molecular complexity index is 862. The lowest BCUT2D eigenvalue weighted by Gasteiger charge is -2.08. The van der Waals surface area contributed by atoms with Crippen LogP contribution in [0.3, 0.4) is 0 Å². The molecule has 0 bridgehead atoms. The lowest BCUT2D eigenvalue weighted by molar-refractivity contribution is 0.102. The first kappa shape index (κ1) is 15.7. The van der Waals surface area contributed by atoms with E-state index in [-0.39, 0.29) is 5.56 Å². The Morgan fingerprint density at radius 3 is 2.54 bits per heavy atom. The molecular weight excluding hydrogens is 305 g/mol. The molecule has 0 spiro atoms. The third-order valence-corrected chi connectivity index (χ3v) is 3.43. The van der Waals surface area contributed by atoms with Crippen molar-refractivity contribution in [3.63, 3.8) is 0 Å². The van der Waals surface area contributed by atoms with Crippen LogP contribution in [0.1, 0.15) is 15.9 Å². The van der Waals surface area contributed by atoms with Gasteiger partial charge in [0.05, 0.1) is 17.4 Å². The molecule has 1 aromatic heterocycles. The predicted octanol–water partition coefficient (Wildman–Crippen LogP) is 4.53. The van der Waals surface area contributed by atoms with Gasteiger partial charge in [0.15, 0.2) is 0 Å². The topological polar surface area (TPSA) is 54.0 Å². The number of pyridine rings is 1. The van der Waals surface area contributed by atoms with Gasteiger partial charge in [-0.1, -0.05) is 24.3 Å². The zero-order valence-corrected chi connectivity index (χ0v) is 13.1. The van der Waals surface area contributed by atoms with Gasteiger partial charge < -0.3 is 10.6 Å². The summed E-state index contributed by atoms with van der Waals surface area (Å²) in [6.07, 6.45) is 1.52. The summed E-state index contributed by atoms with van der Waals surface area (Å²) < 4.78 is 13.6. The lowest BCUT2D eigenvalue weighted by atomic mass is 10.2. The summed E-state index contributed by atoms with van der Waals surface area (Å²) in [6, 6.07) is 17.2. The molecule has 2 aromatic carbocycles. The monoisotopic (exact) mass is 321 g/mol. The van der Waals surface area contributed by atoms with Gasteiger partial charge in [-0.15, -0.1) is 0 Å². The molecule has 0 radical (unpaired) electrons. The maximum atomic E-state index is 13.6. The van der Waals surface area contributed by atoms with E-state index in [4.69, 9.17) is 0 Å². The van der Waals surface area contributed by atoms with Crippen LogP contribution in [0.2, 0.25) is 0 Å². The van der Waals surface area contributed by atoms with Crippen molar-refractivity contribution < 1.29 is 9.18 Å². The van der Waals surface area contributed by atoms with Gasteiger partial charge in [0.2, 0.25) is 0 Å². The molecule has 0 aliphatic carbocycles. The standard InChI is InChI=1S/C19H16FN3O/c1-13-5-4-6-14(11-13)22-18-10-9-15(12-21-18)23-19(24)16-7-2-3-8-17(16)20/h2-12H,1H3,(H,21,22)(H,23,24). The fraction of sp³-hybridized carbons (Fsp3) is 0.0526. The van der Waals surface area contributed by atoms with Crippen LogP contribution in [0.15, 0.2) is 66.9 Å². The SMILES string of the molecule is Cc1cccc(Nc2ccc(NC(=O)c3ccccc3F)cn2)c1. The summed E-state index contributed by atoms with van der Waals surface area (Å²) in [5.41, 5.74) is 2.58. The number of halogens is 1. The Balaban J connectivity index is 1.68. The molecule has 0 fully saturated rings. The number of benzene rings is 2. The summed E-state index contributed by atoms with van der Waals surface area (Å²) in [4.78, 5) is 16.3. The van der Waals surface area contributed by atoms with E-state index in [2.05, 4.69) is 15.6 Å². The number of nitrogens with zero attached hydrogens (tertiary/aromatic N) is 1. The Kier molecular flexibility index (Phi) is 4.52. The molecule has 0 aliphatic rings. The Morgan fingerprint density at radius 1 is 1.00 bits per heavy atom. The van der Waals surface area contributed by atoms with Crippen molar-refractivity contribution in [2.45, 2.75) is 6.92 Å². The van der Waals surface area contributed by atoms with Gasteiger partial charge in [0, 0.05) is 5.69 Å². The quantitative estimate of drug-likeness (QED) is 0.742. The number of anilines is 3. The van der Waals surface area contributed by atoms with Gasteiger partial charge in [0.1, 0.15) is 11.6 Å². The third kappa shape index (κ3) is 3.76. The highest BCUT2D eigenvalue weighted by atomic mass is 19.1. The van der Waals surface area contributed by atoms with Gasteiger partial charge in [0.25, 0.3) is 5.91 Å². The summed E-state index contributed by atoms with van der Waals surface area (Å²) in [7, 11) is 0. The van der Waals surface area contributed by atoms with Crippen LogP contribution >= 0.6 is 0 Å². The van der Waals surface area contributed by atoms with E-state index in [9.17, 15) is 9.18 Å². The average molecular weight is 321 g/mol. The van der Waals surface area contributed by atoms with Crippen LogP contribution in [0, 0.1) is 12.7 Å². The molecule has 4 nitrogen and oxygen atoms in total. The molecule has 3 aromatic rings. The van der Waals surface area contributed by atoms with Crippen molar-refractivity contribution in [2.75, 3.05) is 10.6 Å². The smallest absolute Gasteiger partial charge is 0.258 e. The molecule has 0 saturated carbocycles. The number of hydrogen-bond donors (Lipinski definition) is 2. The molecule has 0 atom stereocenters. The second kappa shape index (κ2) is 6.91. The van der Waals surface area contributed by atoms with E-state index < -0.39 is 11.7 Å². The van der Waals surface area contributed by atoms with E-state index >= 15 is 0 Å². The van der Waals surface area contributed by atoms with Gasteiger partial charge >= 0.3 is 0 Å². The number of aryl methyl sites for hydroxylation is 1. The molecule has 3 rings (SSSR count). The number of hydrogen-bond acceptors (Lipinski definition) is 3. The zero-order chi connectivity index (χ0) is 16.9. The van der Waals surface area contributed by atoms with Crippen LogP contribution < -0.4 is 10.6 Å². The highest BCUT2D eigenvalue weighted by Gasteiger charge is 2.11. The minimum atomic E-state index is -0.555. The first-order valence-electron chi connectivity index (χ1n) is 7.47. The number of nitrogens with one attached hydrogen (secondary N) is 2. The summed E-state index contributed by atoms with van der Waals surface area (Å²) in [6.45, 7) is 2.01. The molecule has 1 amide bonds. The van der Waals surface area contributed by atoms with Crippen molar-refractivity contribution in [3.05, 3.63) is 83.8 Å². The second-order valence-electron chi connectivity index (χ2n) is 5.36. The minimum absolute atomic E-state index is 0.000498. The average Bonchev–Trinajstić information content (AvgIpc) is 2.57. The van der Waals surface area contributed by atoms with E-state index in [1.165, 1.54) is 18.3 Å². The molecule has 2 N–H and O–H groups in total. The predicted molar refractivity (Wildman–Crippen MR) is 93.1 cm³/mol. The largest absolute Gasteiger partial charge is 0.340 e. The van der Waals surface area contributed by atoms with Crippen LogP contribution in [0.5, 0.6) is 0 Å². The van der Waals surface area contributed by atoms with Gasteiger partial charge in [-0.05, 0) is 48.9 Å². The summed E-state index contributed by atoms with van der Waals surface area (Å²) >= 11 is 0. The van der Waals surface area contributed by atoms with Crippen molar-refractivity contribution >= 4 is 23.1 Å². The molecule has 24 heavy (non-hydrogen) atoms. The fourth-order valence-electron chi connectivity index (χ4n) is 2.26. The second-order valence-corrected chi connectivity index (χ2v) is 5.36. The number of rotatable bonds is 4. The number of aromatic nitrogens is 1. The molecule has 120 valence electrons. The number of amides is 1. The van der Waals surface area contributed by atoms with Gasteiger partial charge in [-0.3, -0.25) is 4.79 Å². The molecule has 1 heterocycles. The van der Waals surface area contributed by atoms with Crippen LogP contribution in [-0.4, -0.2) is 10.9 Å². The van der Waals surface area contributed by atoms with E-state index in [1.807, 2.05) is 31.2 Å². The summed E-state index contributed by atoms with van der Waals surface area (Å²) in [5, 5.41) is 5.81. The third-order valence-electron chi connectivity index (χ3n) is 3.43. The highest BCUT2D eigenvalue weighted by Crippen LogP contribution is 2.18. The van der Waals surface area contributed by atoms with Crippen molar-refractivity contribution in [1.29, 1.82) is 0 Å². The minimum Gasteiger partial charge on any atom is -0.340 e. The van der Waals surface area contributed by atoms with Crippen LogP contribution in [0.25, 0.3) is 0 Å². The Hall–Kier alpha value is -3.21. The van der Waals surface area contributed by atoms with E-state index in [0.29, 0.717) is 11.5 Å². The Morgan fingerprint density at radius 2 is 1.83 bits per heavy atom. The lowest BCUT2D eigenvalue weighted by Crippen LogP contribution is -2.13. The van der Waals surface area contributed by atoms with Crippen LogP contribution in [0.4, 0.5) is 21.6 Å². The normalized spacial score (nSPS) is 10.2. The maximum Gasteiger partial charge on any atom is 0.258 e.